The molecule has 6 heteroatoms. The first-order valence-electron chi connectivity index (χ1n) is 5.89. The number of hydrogen-bond donors (Lipinski definition) is 2. The Morgan fingerprint density at radius 3 is 2.42 bits per heavy atom. The number of nitrogens with zero attached hydrogens (tertiary/aromatic N) is 1. The van der Waals surface area contributed by atoms with Crippen molar-refractivity contribution in [3.63, 3.8) is 0 Å². The number of carbonyl (C=O) groups is 2. The average molecular weight is 265 g/mol. The van der Waals surface area contributed by atoms with Gasteiger partial charge in [0.15, 0.2) is 0 Å². The molecule has 1 rings (SSSR count). The summed E-state index contributed by atoms with van der Waals surface area (Å²) in [7, 11) is 1.28. The lowest BCUT2D eigenvalue weighted by Crippen LogP contribution is -2.41. The number of benzene rings is 1. The van der Waals surface area contributed by atoms with E-state index in [9.17, 15) is 9.59 Å². The summed E-state index contributed by atoms with van der Waals surface area (Å²) in [6.45, 7) is 3.51. The van der Waals surface area contributed by atoms with Gasteiger partial charge in [-0.2, -0.15) is 0 Å². The molecule has 0 aromatic heterocycles. The molecule has 4 N–H and O–H groups in total. The fourth-order valence-electron chi connectivity index (χ4n) is 1.62. The standard InChI is InChI=1S/C13H19N3O3/c1-8(2)16(7-12(17)19-3)13(18)10-5-4-9(14)6-11(10)15/h4-6,8H,7,14-15H2,1-3H3. The molecular weight excluding hydrogens is 246 g/mol. The van der Waals surface area contributed by atoms with Crippen molar-refractivity contribution in [2.45, 2.75) is 19.9 Å². The lowest BCUT2D eigenvalue weighted by Gasteiger charge is -2.26. The predicted octanol–water partition coefficient (Wildman–Crippen LogP) is 0.875. The van der Waals surface area contributed by atoms with Gasteiger partial charge in [0.1, 0.15) is 6.54 Å². The molecule has 104 valence electrons. The minimum atomic E-state index is -0.476. The van der Waals surface area contributed by atoms with E-state index in [1.54, 1.807) is 12.1 Å². The third-order valence-corrected chi connectivity index (χ3v) is 2.72. The summed E-state index contributed by atoms with van der Waals surface area (Å²) < 4.78 is 4.58. The van der Waals surface area contributed by atoms with E-state index in [4.69, 9.17) is 11.5 Å². The predicted molar refractivity (Wildman–Crippen MR) is 73.5 cm³/mol. The van der Waals surface area contributed by atoms with Crippen LogP contribution in [-0.2, 0) is 9.53 Å². The molecule has 0 aliphatic rings. The Balaban J connectivity index is 3.02. The summed E-state index contributed by atoms with van der Waals surface area (Å²) in [6.07, 6.45) is 0. The van der Waals surface area contributed by atoms with E-state index in [1.807, 2.05) is 13.8 Å². The Morgan fingerprint density at radius 1 is 1.32 bits per heavy atom. The van der Waals surface area contributed by atoms with E-state index < -0.39 is 5.97 Å². The minimum Gasteiger partial charge on any atom is -0.468 e. The molecule has 0 saturated heterocycles. The van der Waals surface area contributed by atoms with Crippen LogP contribution in [0.25, 0.3) is 0 Å². The van der Waals surface area contributed by atoms with Crippen LogP contribution in [0.5, 0.6) is 0 Å². The van der Waals surface area contributed by atoms with Crippen LogP contribution in [0, 0.1) is 0 Å². The van der Waals surface area contributed by atoms with Gasteiger partial charge in [-0.1, -0.05) is 0 Å². The molecule has 6 nitrogen and oxygen atoms in total. The maximum Gasteiger partial charge on any atom is 0.325 e. The van der Waals surface area contributed by atoms with Crippen molar-refractivity contribution in [1.29, 1.82) is 0 Å². The number of rotatable bonds is 4. The maximum absolute atomic E-state index is 12.4. The number of nitrogens with two attached hydrogens (primary N) is 2. The monoisotopic (exact) mass is 265 g/mol. The highest BCUT2D eigenvalue weighted by Gasteiger charge is 2.23. The summed E-state index contributed by atoms with van der Waals surface area (Å²) in [5, 5.41) is 0. The van der Waals surface area contributed by atoms with Crippen LogP contribution in [0.15, 0.2) is 18.2 Å². The molecule has 1 amide bonds. The summed E-state index contributed by atoms with van der Waals surface area (Å²) >= 11 is 0. The Morgan fingerprint density at radius 2 is 1.95 bits per heavy atom. The third-order valence-electron chi connectivity index (χ3n) is 2.72. The molecule has 19 heavy (non-hydrogen) atoms. The van der Waals surface area contributed by atoms with Gasteiger partial charge in [-0.25, -0.2) is 0 Å². The van der Waals surface area contributed by atoms with E-state index in [0.717, 1.165) is 0 Å². The molecular formula is C13H19N3O3. The van der Waals surface area contributed by atoms with Crippen LogP contribution < -0.4 is 11.5 Å². The van der Waals surface area contributed by atoms with Crippen LogP contribution in [-0.4, -0.2) is 36.5 Å². The van der Waals surface area contributed by atoms with E-state index >= 15 is 0 Å². The topological polar surface area (TPSA) is 98.6 Å². The number of nitrogen functional groups attached to an aromatic ring is 2. The van der Waals surface area contributed by atoms with E-state index in [1.165, 1.54) is 18.1 Å². The van der Waals surface area contributed by atoms with Crippen LogP contribution in [0.1, 0.15) is 24.2 Å². The second-order valence-electron chi connectivity index (χ2n) is 4.45. The summed E-state index contributed by atoms with van der Waals surface area (Å²) in [6, 6.07) is 4.52. The number of amides is 1. The Kier molecular flexibility index (Phi) is 4.74. The SMILES string of the molecule is COC(=O)CN(C(=O)c1ccc(N)cc1N)C(C)C. The molecule has 0 saturated carbocycles. The van der Waals surface area contributed by atoms with Crippen molar-refractivity contribution in [1.82, 2.24) is 4.90 Å². The van der Waals surface area contributed by atoms with Crippen molar-refractivity contribution in [2.75, 3.05) is 25.1 Å². The fourth-order valence-corrected chi connectivity index (χ4v) is 1.62. The van der Waals surface area contributed by atoms with Gasteiger partial charge in [-0.15, -0.1) is 0 Å². The number of ether oxygens (including phenoxy) is 1. The Bertz CT molecular complexity index is 486. The van der Waals surface area contributed by atoms with Gasteiger partial charge in [0.2, 0.25) is 0 Å². The van der Waals surface area contributed by atoms with Crippen LogP contribution in [0.4, 0.5) is 11.4 Å². The largest absolute Gasteiger partial charge is 0.468 e. The van der Waals surface area contributed by atoms with Gasteiger partial charge in [-0.3, -0.25) is 9.59 Å². The average Bonchev–Trinajstić information content (AvgIpc) is 2.34. The van der Waals surface area contributed by atoms with E-state index in [-0.39, 0.29) is 18.5 Å². The molecule has 1 aromatic carbocycles. The normalized spacial score (nSPS) is 10.3. The van der Waals surface area contributed by atoms with Gasteiger partial charge < -0.3 is 21.1 Å². The lowest BCUT2D eigenvalue weighted by atomic mass is 10.1. The zero-order valence-corrected chi connectivity index (χ0v) is 11.3. The van der Waals surface area contributed by atoms with Crippen molar-refractivity contribution in [3.05, 3.63) is 23.8 Å². The zero-order valence-electron chi connectivity index (χ0n) is 11.3. The van der Waals surface area contributed by atoms with Crippen LogP contribution in [0.2, 0.25) is 0 Å². The van der Waals surface area contributed by atoms with Crippen LogP contribution >= 0.6 is 0 Å². The molecule has 0 radical (unpaired) electrons. The molecule has 0 spiro atoms. The Labute approximate surface area is 112 Å². The highest BCUT2D eigenvalue weighted by Crippen LogP contribution is 2.18. The second kappa shape index (κ2) is 6.08. The van der Waals surface area contributed by atoms with Crippen molar-refractivity contribution in [2.24, 2.45) is 0 Å². The number of methoxy groups -OCH3 is 1. The summed E-state index contributed by atoms with van der Waals surface area (Å²) in [5.41, 5.74) is 12.5. The van der Waals surface area contributed by atoms with E-state index in [2.05, 4.69) is 4.74 Å². The number of hydrogen-bond acceptors (Lipinski definition) is 5. The molecule has 0 aliphatic heterocycles. The van der Waals surface area contributed by atoms with Gasteiger partial charge in [-0.05, 0) is 32.0 Å². The van der Waals surface area contributed by atoms with Gasteiger partial charge >= 0.3 is 5.97 Å². The number of esters is 1. The maximum atomic E-state index is 12.4. The lowest BCUT2D eigenvalue weighted by molar-refractivity contribution is -0.141. The minimum absolute atomic E-state index is 0.114. The summed E-state index contributed by atoms with van der Waals surface area (Å²) in [5.74, 6) is -0.797. The first kappa shape index (κ1) is 14.8. The van der Waals surface area contributed by atoms with Gasteiger partial charge in [0.25, 0.3) is 5.91 Å². The summed E-state index contributed by atoms with van der Waals surface area (Å²) in [4.78, 5) is 25.1. The second-order valence-corrected chi connectivity index (χ2v) is 4.45. The number of anilines is 2. The molecule has 0 bridgehead atoms. The van der Waals surface area contributed by atoms with Crippen molar-refractivity contribution >= 4 is 23.3 Å². The first-order valence-corrected chi connectivity index (χ1v) is 5.89. The highest BCUT2D eigenvalue weighted by atomic mass is 16.5. The zero-order chi connectivity index (χ0) is 14.6. The fraction of sp³-hybridized carbons (Fsp3) is 0.385. The van der Waals surface area contributed by atoms with Crippen molar-refractivity contribution < 1.29 is 14.3 Å². The van der Waals surface area contributed by atoms with E-state index in [0.29, 0.717) is 16.9 Å². The molecule has 0 aliphatic carbocycles. The molecule has 1 aromatic rings. The molecule has 0 heterocycles. The van der Waals surface area contributed by atoms with Gasteiger partial charge in [0.05, 0.1) is 12.7 Å². The highest BCUT2D eigenvalue weighted by molar-refractivity contribution is 6.01. The third kappa shape index (κ3) is 3.61. The smallest absolute Gasteiger partial charge is 0.325 e. The first-order chi connectivity index (χ1) is 8.86. The Hall–Kier alpha value is -2.24. The molecule has 0 fully saturated rings. The quantitative estimate of drug-likeness (QED) is 0.622. The molecule has 0 atom stereocenters. The van der Waals surface area contributed by atoms with Gasteiger partial charge in [0, 0.05) is 17.4 Å². The number of carbonyl (C=O) groups excluding carboxylic acids is 2. The van der Waals surface area contributed by atoms with Crippen molar-refractivity contribution in [3.8, 4) is 0 Å². The molecule has 0 unspecified atom stereocenters. The van der Waals surface area contributed by atoms with Crippen LogP contribution in [0.3, 0.4) is 0 Å².